The number of unbranched alkanes of at least 4 members (excludes halogenated alkanes) is 43. The van der Waals surface area contributed by atoms with E-state index in [2.05, 4.69) is 48.5 Å². The van der Waals surface area contributed by atoms with Crippen LogP contribution in [0.5, 0.6) is 0 Å². The molecule has 0 spiro atoms. The highest BCUT2D eigenvalue weighted by atomic mass is 31.2. The molecule has 0 aromatic heterocycles. The number of esters is 4. The molecule has 0 radical (unpaired) electrons. The van der Waals surface area contributed by atoms with Crippen LogP contribution in [0.25, 0.3) is 0 Å². The lowest BCUT2D eigenvalue weighted by Gasteiger charge is -2.21. The molecule has 3 N–H and O–H groups in total. The maximum atomic E-state index is 13.1. The summed E-state index contributed by atoms with van der Waals surface area (Å²) in [5.41, 5.74) is 0. The van der Waals surface area contributed by atoms with Gasteiger partial charge in [0.25, 0.3) is 0 Å². The Morgan fingerprint density at radius 3 is 0.708 bits per heavy atom. The van der Waals surface area contributed by atoms with Gasteiger partial charge in [-0.25, -0.2) is 9.13 Å². The number of phosphoric acid groups is 2. The first-order chi connectivity index (χ1) is 46.2. The van der Waals surface area contributed by atoms with E-state index in [9.17, 15) is 43.2 Å². The average Bonchev–Trinajstić information content (AvgIpc) is 1.15. The lowest BCUT2D eigenvalue weighted by atomic mass is 10.0. The molecule has 0 bridgehead atoms. The average molecular weight is 1410 g/mol. The summed E-state index contributed by atoms with van der Waals surface area (Å²) in [7, 11) is -9.91. The highest BCUT2D eigenvalue weighted by molar-refractivity contribution is 7.47. The van der Waals surface area contributed by atoms with Gasteiger partial charge < -0.3 is 33.8 Å². The molecule has 570 valence electrons. The topological polar surface area (TPSA) is 237 Å². The first-order valence-corrected chi connectivity index (χ1v) is 42.8. The SMILES string of the molecule is CCCCCCCCCCC(=O)OC[C@H](COP(=O)(O)OC[C@H](O)COP(=O)(O)OC[C@@H](COC(=O)CCCCCCCCCCCCCCCCCC(C)C)OC(=O)CCCCCCCCCCCCCCCCCC(C)C)OC(=O)CCCCCCCCCCCC(C)C. The Kier molecular flexibility index (Phi) is 66.2. The molecule has 17 nitrogen and oxygen atoms in total. The molecule has 0 amide bonds. The number of rotatable bonds is 75. The lowest BCUT2D eigenvalue weighted by molar-refractivity contribution is -0.161. The molecule has 0 aliphatic rings. The van der Waals surface area contributed by atoms with Gasteiger partial charge in [0.1, 0.15) is 19.3 Å². The van der Waals surface area contributed by atoms with Crippen molar-refractivity contribution in [1.82, 2.24) is 0 Å². The Morgan fingerprint density at radius 2 is 0.479 bits per heavy atom. The number of hydrogen-bond donors (Lipinski definition) is 3. The van der Waals surface area contributed by atoms with E-state index in [1.165, 1.54) is 199 Å². The zero-order valence-corrected chi connectivity index (χ0v) is 64.6. The predicted octanol–water partition coefficient (Wildman–Crippen LogP) is 22.6. The summed E-state index contributed by atoms with van der Waals surface area (Å²) < 4.78 is 68.5. The van der Waals surface area contributed by atoms with Crippen molar-refractivity contribution in [2.75, 3.05) is 39.6 Å². The van der Waals surface area contributed by atoms with E-state index < -0.39 is 97.5 Å². The maximum Gasteiger partial charge on any atom is 0.472 e. The summed E-state index contributed by atoms with van der Waals surface area (Å²) in [5.74, 6) is 0.226. The van der Waals surface area contributed by atoms with E-state index in [0.29, 0.717) is 25.7 Å². The van der Waals surface area contributed by atoms with Gasteiger partial charge in [-0.05, 0) is 43.4 Å². The van der Waals surface area contributed by atoms with E-state index in [0.717, 1.165) is 114 Å². The Balaban J connectivity index is 5.21. The number of phosphoric ester groups is 2. The summed E-state index contributed by atoms with van der Waals surface area (Å²) in [5, 5.41) is 10.6. The second kappa shape index (κ2) is 67.5. The van der Waals surface area contributed by atoms with Crippen LogP contribution in [0.4, 0.5) is 0 Å². The molecule has 0 fully saturated rings. The normalized spacial score (nSPS) is 14.1. The van der Waals surface area contributed by atoms with Crippen LogP contribution in [0, 0.1) is 17.8 Å². The third kappa shape index (κ3) is 70.5. The second-order valence-electron chi connectivity index (χ2n) is 29.2. The van der Waals surface area contributed by atoms with Crippen LogP contribution in [-0.2, 0) is 65.4 Å². The largest absolute Gasteiger partial charge is 0.472 e. The van der Waals surface area contributed by atoms with Crippen LogP contribution < -0.4 is 0 Å². The first-order valence-electron chi connectivity index (χ1n) is 39.8. The van der Waals surface area contributed by atoms with E-state index in [1.807, 2.05) is 0 Å². The molecule has 0 heterocycles. The van der Waals surface area contributed by atoms with Crippen molar-refractivity contribution in [1.29, 1.82) is 0 Å². The van der Waals surface area contributed by atoms with Crippen molar-refractivity contribution < 1.29 is 80.2 Å². The molecule has 0 saturated carbocycles. The number of carbonyl (C=O) groups excluding carboxylic acids is 4. The first kappa shape index (κ1) is 94.1. The van der Waals surface area contributed by atoms with Crippen LogP contribution in [0.1, 0.15) is 395 Å². The quantitative estimate of drug-likeness (QED) is 0.0222. The van der Waals surface area contributed by atoms with Gasteiger partial charge in [0.05, 0.1) is 26.4 Å². The van der Waals surface area contributed by atoms with Crippen molar-refractivity contribution in [3.8, 4) is 0 Å². The summed E-state index contributed by atoms with van der Waals surface area (Å²) in [6.07, 6.45) is 54.2. The number of aliphatic hydroxyl groups is 1. The van der Waals surface area contributed by atoms with Crippen LogP contribution in [-0.4, -0.2) is 96.7 Å². The van der Waals surface area contributed by atoms with Gasteiger partial charge in [-0.1, -0.05) is 344 Å². The Morgan fingerprint density at radius 1 is 0.281 bits per heavy atom. The minimum Gasteiger partial charge on any atom is -0.462 e. The minimum atomic E-state index is -4.96. The zero-order valence-electron chi connectivity index (χ0n) is 62.8. The van der Waals surface area contributed by atoms with E-state index >= 15 is 0 Å². The van der Waals surface area contributed by atoms with Crippen molar-refractivity contribution >= 4 is 39.5 Å². The number of hydrogen-bond acceptors (Lipinski definition) is 15. The summed E-state index contributed by atoms with van der Waals surface area (Å²) in [6.45, 7) is 11.9. The molecular weight excluding hydrogens is 1260 g/mol. The van der Waals surface area contributed by atoms with Gasteiger partial charge in [0, 0.05) is 25.7 Å². The molecule has 0 saturated heterocycles. The highest BCUT2D eigenvalue weighted by Gasteiger charge is 2.30. The highest BCUT2D eigenvalue weighted by Crippen LogP contribution is 2.45. The molecule has 0 aromatic carbocycles. The third-order valence-electron chi connectivity index (χ3n) is 17.9. The fourth-order valence-electron chi connectivity index (χ4n) is 11.8. The van der Waals surface area contributed by atoms with Crippen molar-refractivity contribution in [2.45, 2.75) is 414 Å². The van der Waals surface area contributed by atoms with Gasteiger partial charge in [-0.3, -0.25) is 37.3 Å². The van der Waals surface area contributed by atoms with Gasteiger partial charge in [-0.2, -0.15) is 0 Å². The van der Waals surface area contributed by atoms with Gasteiger partial charge in [0.15, 0.2) is 12.2 Å². The number of ether oxygens (including phenoxy) is 4. The van der Waals surface area contributed by atoms with Crippen LogP contribution in [0.15, 0.2) is 0 Å². The summed E-state index contributed by atoms with van der Waals surface area (Å²) in [6, 6.07) is 0. The predicted molar refractivity (Wildman–Crippen MR) is 391 cm³/mol. The molecule has 0 rings (SSSR count). The van der Waals surface area contributed by atoms with E-state index in [1.54, 1.807) is 0 Å². The molecule has 0 aliphatic heterocycles. The van der Waals surface area contributed by atoms with Crippen LogP contribution in [0.2, 0.25) is 0 Å². The summed E-state index contributed by atoms with van der Waals surface area (Å²) in [4.78, 5) is 72.8. The van der Waals surface area contributed by atoms with Crippen molar-refractivity contribution in [3.63, 3.8) is 0 Å². The Hall–Kier alpha value is -1.94. The fourth-order valence-corrected chi connectivity index (χ4v) is 13.4. The zero-order chi connectivity index (χ0) is 70.9. The van der Waals surface area contributed by atoms with Crippen molar-refractivity contribution in [2.24, 2.45) is 17.8 Å². The van der Waals surface area contributed by atoms with Crippen molar-refractivity contribution in [3.05, 3.63) is 0 Å². The molecule has 96 heavy (non-hydrogen) atoms. The van der Waals surface area contributed by atoms with Crippen LogP contribution >= 0.6 is 15.6 Å². The lowest BCUT2D eigenvalue weighted by Crippen LogP contribution is -2.30. The molecule has 2 unspecified atom stereocenters. The minimum absolute atomic E-state index is 0.105. The van der Waals surface area contributed by atoms with Gasteiger partial charge in [0.2, 0.25) is 0 Å². The molecule has 19 heteroatoms. The third-order valence-corrected chi connectivity index (χ3v) is 19.8. The molecule has 0 aromatic rings. The fraction of sp³-hybridized carbons (Fsp3) is 0.948. The molecule has 0 aliphatic carbocycles. The van der Waals surface area contributed by atoms with E-state index in [4.69, 9.17) is 37.0 Å². The summed E-state index contributed by atoms with van der Waals surface area (Å²) >= 11 is 0. The molecule has 5 atom stereocenters. The van der Waals surface area contributed by atoms with Crippen LogP contribution in [0.3, 0.4) is 0 Å². The van der Waals surface area contributed by atoms with E-state index in [-0.39, 0.29) is 25.7 Å². The maximum absolute atomic E-state index is 13.1. The Labute approximate surface area is 588 Å². The standard InChI is InChI=1S/C77H150O17P2/c1-8-9-10-11-12-37-44-51-58-74(79)87-64-72(94-77(82)61-54-47-40-33-27-30-36-43-50-57-70(6)7)66-91-95(83,84)89-62-71(78)63-90-96(85,86)92-67-73(93-76(81)60-53-46-39-32-26-22-18-14-16-20-24-29-35-42-49-56-69(4)5)65-88-75(80)59-52-45-38-31-25-21-17-13-15-19-23-28-34-41-48-55-68(2)3/h68-73,78H,8-67H2,1-7H3,(H,83,84)(H,85,86)/t71-,72+,73+/m0/s1. The monoisotopic (exact) mass is 1410 g/mol. The Bertz CT molecular complexity index is 1870. The second-order valence-corrected chi connectivity index (χ2v) is 32.1. The number of aliphatic hydroxyl groups excluding tert-OH is 1. The smallest absolute Gasteiger partial charge is 0.462 e. The van der Waals surface area contributed by atoms with Gasteiger partial charge >= 0.3 is 39.5 Å². The number of carbonyl (C=O) groups is 4. The molecular formula is C77H150O17P2. The van der Waals surface area contributed by atoms with Gasteiger partial charge in [-0.15, -0.1) is 0 Å².